The van der Waals surface area contributed by atoms with Gasteiger partial charge in [0.1, 0.15) is 11.9 Å². The van der Waals surface area contributed by atoms with Gasteiger partial charge in [0.15, 0.2) is 0 Å². The Morgan fingerprint density at radius 2 is 1.75 bits per heavy atom. The summed E-state index contributed by atoms with van der Waals surface area (Å²) in [5.74, 6) is 0.368. The van der Waals surface area contributed by atoms with Crippen molar-refractivity contribution in [2.24, 2.45) is 0 Å². The fourth-order valence-corrected chi connectivity index (χ4v) is 3.55. The van der Waals surface area contributed by atoms with Gasteiger partial charge in [0, 0.05) is 18.8 Å². The van der Waals surface area contributed by atoms with Crippen molar-refractivity contribution in [3.63, 3.8) is 0 Å². The first-order valence-electron chi connectivity index (χ1n) is 9.44. The largest absolute Gasteiger partial charge is 0.354 e. The number of amides is 2. The average Bonchev–Trinajstić information content (AvgIpc) is 2.71. The van der Waals surface area contributed by atoms with Gasteiger partial charge in [-0.2, -0.15) is 0 Å². The molecule has 1 atom stereocenters. The topological polar surface area (TPSA) is 49.4 Å². The van der Waals surface area contributed by atoms with E-state index in [9.17, 15) is 14.0 Å². The third-order valence-electron chi connectivity index (χ3n) is 4.32. The molecule has 0 aliphatic rings. The summed E-state index contributed by atoms with van der Waals surface area (Å²) < 4.78 is 13.0. The van der Waals surface area contributed by atoms with Crippen LogP contribution in [0.1, 0.15) is 31.4 Å². The summed E-state index contributed by atoms with van der Waals surface area (Å²) in [6.45, 7) is 4.73. The van der Waals surface area contributed by atoms with Crippen LogP contribution in [0.15, 0.2) is 54.6 Å². The molecule has 0 unspecified atom stereocenters. The molecule has 28 heavy (non-hydrogen) atoms. The van der Waals surface area contributed by atoms with E-state index in [1.54, 1.807) is 24.0 Å². The Balaban J connectivity index is 2.00. The van der Waals surface area contributed by atoms with Gasteiger partial charge in [0.2, 0.25) is 11.8 Å². The maximum atomic E-state index is 13.0. The second-order valence-corrected chi connectivity index (χ2v) is 7.58. The molecule has 0 radical (unpaired) electrons. The van der Waals surface area contributed by atoms with Gasteiger partial charge in [0.25, 0.3) is 0 Å². The first-order valence-corrected chi connectivity index (χ1v) is 10.6. The van der Waals surface area contributed by atoms with Gasteiger partial charge in [-0.05, 0) is 36.6 Å². The van der Waals surface area contributed by atoms with Crippen LogP contribution in [0.5, 0.6) is 0 Å². The van der Waals surface area contributed by atoms with Gasteiger partial charge in [-0.1, -0.05) is 49.4 Å². The van der Waals surface area contributed by atoms with Crippen LogP contribution in [-0.2, 0) is 21.9 Å². The number of carbonyl (C=O) groups excluding carboxylic acids is 2. The van der Waals surface area contributed by atoms with E-state index in [0.717, 1.165) is 17.5 Å². The molecule has 4 nitrogen and oxygen atoms in total. The van der Waals surface area contributed by atoms with Crippen LogP contribution in [0, 0.1) is 5.82 Å². The molecule has 2 aromatic carbocycles. The lowest BCUT2D eigenvalue weighted by molar-refractivity contribution is -0.138. The van der Waals surface area contributed by atoms with Gasteiger partial charge in [-0.15, -0.1) is 11.8 Å². The maximum absolute atomic E-state index is 13.0. The molecular formula is C22H27FN2O2S. The van der Waals surface area contributed by atoms with Crippen molar-refractivity contribution >= 4 is 23.6 Å². The zero-order valence-electron chi connectivity index (χ0n) is 16.4. The first-order chi connectivity index (χ1) is 13.5. The Labute approximate surface area is 170 Å². The van der Waals surface area contributed by atoms with Crippen LogP contribution < -0.4 is 5.32 Å². The van der Waals surface area contributed by atoms with Crippen molar-refractivity contribution in [3.05, 3.63) is 71.5 Å². The van der Waals surface area contributed by atoms with E-state index in [-0.39, 0.29) is 23.4 Å². The number of rotatable bonds is 10. The molecule has 2 aromatic rings. The smallest absolute Gasteiger partial charge is 0.242 e. The second kappa shape index (κ2) is 11.5. The molecule has 0 spiro atoms. The fourth-order valence-electron chi connectivity index (χ4n) is 2.68. The van der Waals surface area contributed by atoms with Crippen LogP contribution in [0.2, 0.25) is 0 Å². The molecule has 6 heteroatoms. The Morgan fingerprint density at radius 1 is 1.07 bits per heavy atom. The SMILES string of the molecule is CCCNC(=O)[C@@H](C)N(Cc1ccccc1)C(=O)CSCc1ccc(F)cc1. The van der Waals surface area contributed by atoms with Crippen LogP contribution in [0.25, 0.3) is 0 Å². The van der Waals surface area contributed by atoms with Gasteiger partial charge in [-0.3, -0.25) is 9.59 Å². The molecule has 0 aliphatic carbocycles. The molecule has 0 fully saturated rings. The summed E-state index contributed by atoms with van der Waals surface area (Å²) in [6, 6.07) is 15.4. The lowest BCUT2D eigenvalue weighted by atomic mass is 10.1. The van der Waals surface area contributed by atoms with Crippen molar-refractivity contribution in [2.45, 2.75) is 38.6 Å². The molecule has 0 bridgehead atoms. The third-order valence-corrected chi connectivity index (χ3v) is 5.31. The van der Waals surface area contributed by atoms with E-state index in [2.05, 4.69) is 5.32 Å². The highest BCUT2D eigenvalue weighted by Gasteiger charge is 2.25. The third kappa shape index (κ3) is 7.00. The molecule has 0 aromatic heterocycles. The molecule has 0 saturated heterocycles. The zero-order valence-corrected chi connectivity index (χ0v) is 17.2. The Hall–Kier alpha value is -2.34. The normalized spacial score (nSPS) is 11.7. The van der Waals surface area contributed by atoms with Crippen molar-refractivity contribution in [2.75, 3.05) is 12.3 Å². The Kier molecular flexibility index (Phi) is 9.01. The van der Waals surface area contributed by atoms with Gasteiger partial charge < -0.3 is 10.2 Å². The van der Waals surface area contributed by atoms with Gasteiger partial charge >= 0.3 is 0 Å². The summed E-state index contributed by atoms with van der Waals surface area (Å²) in [7, 11) is 0. The molecule has 0 saturated carbocycles. The lowest BCUT2D eigenvalue weighted by Crippen LogP contribution is -2.48. The van der Waals surface area contributed by atoms with E-state index in [0.29, 0.717) is 18.8 Å². The highest BCUT2D eigenvalue weighted by Crippen LogP contribution is 2.16. The van der Waals surface area contributed by atoms with Crippen LogP contribution >= 0.6 is 11.8 Å². The molecule has 0 heterocycles. The number of nitrogens with one attached hydrogen (secondary N) is 1. The van der Waals surface area contributed by atoms with E-state index in [1.165, 1.54) is 23.9 Å². The van der Waals surface area contributed by atoms with E-state index < -0.39 is 6.04 Å². The van der Waals surface area contributed by atoms with Crippen molar-refractivity contribution in [1.82, 2.24) is 10.2 Å². The highest BCUT2D eigenvalue weighted by molar-refractivity contribution is 7.99. The van der Waals surface area contributed by atoms with Gasteiger partial charge in [0.05, 0.1) is 5.75 Å². The van der Waals surface area contributed by atoms with E-state index in [4.69, 9.17) is 0 Å². The van der Waals surface area contributed by atoms with Crippen molar-refractivity contribution in [1.29, 1.82) is 0 Å². The van der Waals surface area contributed by atoms with Crippen LogP contribution in [0.3, 0.4) is 0 Å². The van der Waals surface area contributed by atoms with Gasteiger partial charge in [-0.25, -0.2) is 4.39 Å². The number of halogens is 1. The van der Waals surface area contributed by atoms with Crippen LogP contribution in [0.4, 0.5) is 4.39 Å². The number of hydrogen-bond donors (Lipinski definition) is 1. The monoisotopic (exact) mass is 402 g/mol. The summed E-state index contributed by atoms with van der Waals surface area (Å²) in [6.07, 6.45) is 0.846. The summed E-state index contributed by atoms with van der Waals surface area (Å²) in [5.41, 5.74) is 1.94. The van der Waals surface area contributed by atoms with Crippen molar-refractivity contribution in [3.8, 4) is 0 Å². The Morgan fingerprint density at radius 3 is 2.39 bits per heavy atom. The quantitative estimate of drug-likeness (QED) is 0.653. The van der Waals surface area contributed by atoms with E-state index in [1.807, 2.05) is 37.3 Å². The highest BCUT2D eigenvalue weighted by atomic mass is 32.2. The zero-order chi connectivity index (χ0) is 20.4. The molecule has 2 rings (SSSR count). The molecular weight excluding hydrogens is 375 g/mol. The fraction of sp³-hybridized carbons (Fsp3) is 0.364. The average molecular weight is 403 g/mol. The first kappa shape index (κ1) is 22.0. The number of thioether (sulfide) groups is 1. The maximum Gasteiger partial charge on any atom is 0.242 e. The number of hydrogen-bond acceptors (Lipinski definition) is 3. The van der Waals surface area contributed by atoms with Crippen molar-refractivity contribution < 1.29 is 14.0 Å². The number of benzene rings is 2. The number of carbonyl (C=O) groups is 2. The number of nitrogens with zero attached hydrogens (tertiary/aromatic N) is 1. The van der Waals surface area contributed by atoms with E-state index >= 15 is 0 Å². The molecule has 1 N–H and O–H groups in total. The summed E-state index contributed by atoms with van der Waals surface area (Å²) in [4.78, 5) is 26.9. The second-order valence-electron chi connectivity index (χ2n) is 6.59. The molecule has 0 aliphatic heterocycles. The predicted octanol–water partition coefficient (Wildman–Crippen LogP) is 4.00. The minimum atomic E-state index is -0.550. The molecule has 150 valence electrons. The lowest BCUT2D eigenvalue weighted by Gasteiger charge is -2.28. The minimum Gasteiger partial charge on any atom is -0.354 e. The Bertz CT molecular complexity index is 753. The molecule has 2 amide bonds. The summed E-state index contributed by atoms with van der Waals surface area (Å²) in [5, 5.41) is 2.87. The summed E-state index contributed by atoms with van der Waals surface area (Å²) >= 11 is 1.46. The minimum absolute atomic E-state index is 0.0879. The standard InChI is InChI=1S/C22H27FN2O2S/c1-3-13-24-22(27)17(2)25(14-18-7-5-4-6-8-18)21(26)16-28-15-19-9-11-20(23)12-10-19/h4-12,17H,3,13-16H2,1-2H3,(H,24,27)/t17-/m1/s1. The van der Waals surface area contributed by atoms with Crippen LogP contribution in [-0.4, -0.2) is 35.1 Å². The predicted molar refractivity (Wildman–Crippen MR) is 112 cm³/mol.